The molecule has 0 fully saturated rings. The fourth-order valence-corrected chi connectivity index (χ4v) is 0.346. The molecule has 0 atom stereocenters. The van der Waals surface area contributed by atoms with E-state index in [4.69, 9.17) is 5.73 Å². The van der Waals surface area contributed by atoms with Gasteiger partial charge in [0.2, 0.25) is 0 Å². The second-order valence-corrected chi connectivity index (χ2v) is 1.24. The molecule has 1 rings (SSSR count). The van der Waals surface area contributed by atoms with Crippen molar-refractivity contribution >= 4 is 5.82 Å². The number of rotatable bonds is 0. The van der Waals surface area contributed by atoms with Gasteiger partial charge in [-0.3, -0.25) is 0 Å². The van der Waals surface area contributed by atoms with Crippen LogP contribution in [0.15, 0.2) is 11.0 Å². The van der Waals surface area contributed by atoms with Gasteiger partial charge < -0.3 is 10.7 Å². The SMILES string of the molecule is Nc1[c]c[nH]c(=O)n1. The minimum atomic E-state index is -0.443. The van der Waals surface area contributed by atoms with Crippen molar-refractivity contribution in [1.29, 1.82) is 0 Å². The maximum Gasteiger partial charge on any atom is 0.346 e. The van der Waals surface area contributed by atoms with Crippen LogP contribution in [0.25, 0.3) is 0 Å². The minimum Gasteiger partial charge on any atom is -0.383 e. The van der Waals surface area contributed by atoms with Crippen LogP contribution in [-0.2, 0) is 0 Å². The highest BCUT2D eigenvalue weighted by molar-refractivity contribution is 5.20. The van der Waals surface area contributed by atoms with E-state index in [0.717, 1.165) is 0 Å². The van der Waals surface area contributed by atoms with E-state index in [1.165, 1.54) is 6.20 Å². The number of aromatic amines is 1. The molecule has 0 aliphatic heterocycles. The summed E-state index contributed by atoms with van der Waals surface area (Å²) < 4.78 is 0. The number of hydrogen-bond acceptors (Lipinski definition) is 3. The van der Waals surface area contributed by atoms with Gasteiger partial charge in [0, 0.05) is 12.3 Å². The van der Waals surface area contributed by atoms with E-state index < -0.39 is 5.69 Å². The highest BCUT2D eigenvalue weighted by Crippen LogP contribution is 1.80. The van der Waals surface area contributed by atoms with Crippen LogP contribution in [0.3, 0.4) is 0 Å². The first-order valence-electron chi connectivity index (χ1n) is 2.02. The minimum absolute atomic E-state index is 0.119. The summed E-state index contributed by atoms with van der Waals surface area (Å²) in [5.41, 5.74) is 4.63. The molecule has 1 radical (unpaired) electrons. The molecule has 8 heavy (non-hydrogen) atoms. The van der Waals surface area contributed by atoms with Gasteiger partial charge in [0.25, 0.3) is 0 Å². The fraction of sp³-hybridized carbons (Fsp3) is 0. The summed E-state index contributed by atoms with van der Waals surface area (Å²) >= 11 is 0. The normalized spacial score (nSPS) is 9.00. The van der Waals surface area contributed by atoms with Crippen LogP contribution in [0.1, 0.15) is 0 Å². The standard InChI is InChI=1S/C4H4N3O/c5-3-1-2-6-4(8)7-3/h2H,(H3,5,6,7,8). The van der Waals surface area contributed by atoms with Crippen LogP contribution in [-0.4, -0.2) is 9.97 Å². The van der Waals surface area contributed by atoms with E-state index in [9.17, 15) is 4.79 Å². The molecule has 1 aromatic rings. The van der Waals surface area contributed by atoms with Gasteiger partial charge in [-0.15, -0.1) is 0 Å². The summed E-state index contributed by atoms with van der Waals surface area (Å²) in [4.78, 5) is 15.8. The number of H-pyrrole nitrogens is 1. The Morgan fingerprint density at radius 2 is 2.62 bits per heavy atom. The number of nitrogen functional groups attached to an aromatic ring is 1. The molecule has 3 N–H and O–H groups in total. The second kappa shape index (κ2) is 1.65. The van der Waals surface area contributed by atoms with Crippen LogP contribution < -0.4 is 11.4 Å². The molecular formula is C4H4N3O. The van der Waals surface area contributed by atoms with Gasteiger partial charge in [0.1, 0.15) is 5.82 Å². The number of nitrogens with zero attached hydrogens (tertiary/aromatic N) is 1. The molecule has 41 valence electrons. The quantitative estimate of drug-likeness (QED) is 0.457. The maximum absolute atomic E-state index is 10.2. The summed E-state index contributed by atoms with van der Waals surface area (Å²) in [5.74, 6) is 0.119. The Bertz CT molecular complexity index is 229. The molecule has 0 aromatic carbocycles. The Morgan fingerprint density at radius 3 is 3.00 bits per heavy atom. The maximum atomic E-state index is 10.2. The molecule has 4 nitrogen and oxygen atoms in total. The van der Waals surface area contributed by atoms with Gasteiger partial charge in [-0.1, -0.05) is 0 Å². The zero-order valence-electron chi connectivity index (χ0n) is 4.01. The van der Waals surface area contributed by atoms with Crippen molar-refractivity contribution < 1.29 is 0 Å². The summed E-state index contributed by atoms with van der Waals surface area (Å²) in [6.45, 7) is 0. The Balaban J connectivity index is 3.28. The first-order chi connectivity index (χ1) is 3.79. The highest BCUT2D eigenvalue weighted by Gasteiger charge is 1.82. The molecule has 1 heterocycles. The second-order valence-electron chi connectivity index (χ2n) is 1.24. The van der Waals surface area contributed by atoms with Crippen molar-refractivity contribution in [3.8, 4) is 0 Å². The largest absolute Gasteiger partial charge is 0.383 e. The van der Waals surface area contributed by atoms with E-state index >= 15 is 0 Å². The number of hydrogen-bond donors (Lipinski definition) is 2. The van der Waals surface area contributed by atoms with Crippen molar-refractivity contribution in [2.45, 2.75) is 0 Å². The zero-order chi connectivity index (χ0) is 5.98. The number of aromatic nitrogens is 2. The zero-order valence-corrected chi connectivity index (χ0v) is 4.01. The van der Waals surface area contributed by atoms with Crippen LogP contribution >= 0.6 is 0 Å². The summed E-state index contributed by atoms with van der Waals surface area (Å²) in [7, 11) is 0. The smallest absolute Gasteiger partial charge is 0.346 e. The molecule has 0 aliphatic carbocycles. The van der Waals surface area contributed by atoms with E-state index in [2.05, 4.69) is 16.0 Å². The van der Waals surface area contributed by atoms with Crippen molar-refractivity contribution in [1.82, 2.24) is 9.97 Å². The molecule has 0 aliphatic rings. The molecule has 0 unspecified atom stereocenters. The van der Waals surface area contributed by atoms with E-state index in [0.29, 0.717) is 0 Å². The lowest BCUT2D eigenvalue weighted by atomic mass is 10.6. The van der Waals surface area contributed by atoms with Gasteiger partial charge in [-0.05, 0) is 0 Å². The molecule has 0 saturated heterocycles. The average molecular weight is 110 g/mol. The van der Waals surface area contributed by atoms with Crippen molar-refractivity contribution in [3.63, 3.8) is 0 Å². The van der Waals surface area contributed by atoms with Crippen LogP contribution in [0.2, 0.25) is 0 Å². The Hall–Kier alpha value is -1.32. The first kappa shape index (κ1) is 4.83. The lowest BCUT2D eigenvalue weighted by Gasteiger charge is -1.82. The Morgan fingerprint density at radius 1 is 1.88 bits per heavy atom. The molecule has 4 heteroatoms. The van der Waals surface area contributed by atoms with Gasteiger partial charge >= 0.3 is 5.69 Å². The van der Waals surface area contributed by atoms with Crippen LogP contribution in [0.4, 0.5) is 5.82 Å². The third kappa shape index (κ3) is 0.841. The lowest BCUT2D eigenvalue weighted by molar-refractivity contribution is 1.08. The van der Waals surface area contributed by atoms with Gasteiger partial charge in [-0.2, -0.15) is 4.98 Å². The molecule has 0 bridgehead atoms. The van der Waals surface area contributed by atoms with Crippen molar-refractivity contribution in [2.75, 3.05) is 5.73 Å². The summed E-state index contributed by atoms with van der Waals surface area (Å²) in [6, 6.07) is 2.48. The average Bonchev–Trinajstić information content (AvgIpc) is 1.64. The first-order valence-corrected chi connectivity index (χ1v) is 2.02. The van der Waals surface area contributed by atoms with Crippen LogP contribution in [0.5, 0.6) is 0 Å². The van der Waals surface area contributed by atoms with Gasteiger partial charge in [0.15, 0.2) is 0 Å². The fourth-order valence-electron chi connectivity index (χ4n) is 0.346. The number of nitrogens with one attached hydrogen (secondary N) is 1. The summed E-state index contributed by atoms with van der Waals surface area (Å²) in [5, 5.41) is 0. The predicted octanol–water partition coefficient (Wildman–Crippen LogP) is -0.848. The third-order valence-corrected chi connectivity index (χ3v) is 0.638. The molecule has 0 amide bonds. The van der Waals surface area contributed by atoms with Crippen LogP contribution in [0, 0.1) is 6.07 Å². The van der Waals surface area contributed by atoms with Gasteiger partial charge in [0.05, 0.1) is 0 Å². The molecule has 0 saturated carbocycles. The summed E-state index contributed by atoms with van der Waals surface area (Å²) in [6.07, 6.45) is 1.32. The van der Waals surface area contributed by atoms with E-state index in [1.807, 2.05) is 0 Å². The number of anilines is 1. The third-order valence-electron chi connectivity index (χ3n) is 0.638. The van der Waals surface area contributed by atoms with Crippen molar-refractivity contribution in [3.05, 3.63) is 22.7 Å². The monoisotopic (exact) mass is 110 g/mol. The highest BCUT2D eigenvalue weighted by atomic mass is 16.1. The predicted molar refractivity (Wildman–Crippen MR) is 28.1 cm³/mol. The van der Waals surface area contributed by atoms with Crippen molar-refractivity contribution in [2.24, 2.45) is 0 Å². The lowest BCUT2D eigenvalue weighted by Crippen LogP contribution is -2.10. The molecule has 1 aromatic heterocycles. The molecule has 0 spiro atoms. The molecular weight excluding hydrogens is 106 g/mol. The van der Waals surface area contributed by atoms with E-state index in [1.54, 1.807) is 0 Å². The topological polar surface area (TPSA) is 71.8 Å². The van der Waals surface area contributed by atoms with Gasteiger partial charge in [-0.25, -0.2) is 4.79 Å². The Labute approximate surface area is 45.4 Å². The number of nitrogens with two attached hydrogens (primary N) is 1. The Kier molecular flexibility index (Phi) is 0.997. The van der Waals surface area contributed by atoms with E-state index in [-0.39, 0.29) is 5.82 Å².